The minimum atomic E-state index is -3.71. The van der Waals surface area contributed by atoms with Crippen LogP contribution in [-0.2, 0) is 23.1 Å². The lowest BCUT2D eigenvalue weighted by atomic mass is 10.2. The fourth-order valence-corrected chi connectivity index (χ4v) is 4.59. The minimum Gasteiger partial charge on any atom is -0.365 e. The zero-order chi connectivity index (χ0) is 24.3. The van der Waals surface area contributed by atoms with Gasteiger partial charge in [0, 0.05) is 50.5 Å². The Morgan fingerprint density at radius 3 is 2.31 bits per heavy atom. The average molecular weight is 491 g/mol. The molecule has 0 saturated carbocycles. The van der Waals surface area contributed by atoms with E-state index in [2.05, 4.69) is 25.1 Å². The van der Waals surface area contributed by atoms with E-state index in [9.17, 15) is 8.42 Å². The van der Waals surface area contributed by atoms with E-state index in [-0.39, 0.29) is 4.90 Å². The highest BCUT2D eigenvalue weighted by Gasteiger charge is 2.20. The van der Waals surface area contributed by atoms with Gasteiger partial charge in [-0.15, -0.1) is 0 Å². The quantitative estimate of drug-likeness (QED) is 0.399. The molecule has 0 unspecified atom stereocenters. The van der Waals surface area contributed by atoms with Gasteiger partial charge in [-0.3, -0.25) is 4.90 Å². The van der Waals surface area contributed by atoms with Gasteiger partial charge in [0.05, 0.1) is 17.0 Å². The predicted molar refractivity (Wildman–Crippen MR) is 134 cm³/mol. The van der Waals surface area contributed by atoms with Gasteiger partial charge >= 0.3 is 0 Å². The van der Waals surface area contributed by atoms with Crippen molar-refractivity contribution in [1.29, 1.82) is 0 Å². The second kappa shape index (κ2) is 9.90. The van der Waals surface area contributed by atoms with Crippen LogP contribution in [0.3, 0.4) is 0 Å². The first kappa shape index (κ1) is 23.1. The summed E-state index contributed by atoms with van der Waals surface area (Å²) in [6.45, 7) is 4.56. The Morgan fingerprint density at radius 2 is 1.60 bits per heavy atom. The summed E-state index contributed by atoms with van der Waals surface area (Å²) in [5, 5.41) is 9.52. The van der Waals surface area contributed by atoms with Crippen molar-refractivity contribution >= 4 is 32.7 Å². The largest absolute Gasteiger partial charge is 0.365 e. The third-order valence-corrected chi connectivity index (χ3v) is 6.86. The number of nitrogens with zero attached hydrogens (tertiary/aromatic N) is 6. The highest BCUT2D eigenvalue weighted by molar-refractivity contribution is 7.89. The average Bonchev–Trinajstić information content (AvgIpc) is 2.88. The summed E-state index contributed by atoms with van der Waals surface area (Å²) in [7, 11) is -3.71. The molecule has 0 amide bonds. The van der Waals surface area contributed by atoms with E-state index >= 15 is 0 Å². The summed E-state index contributed by atoms with van der Waals surface area (Å²) in [5.74, 6) is 2.26. The first-order valence-electron chi connectivity index (χ1n) is 11.3. The number of fused-ring (bicyclic) bond motifs is 1. The molecule has 3 N–H and O–H groups in total. The molecule has 1 fully saturated rings. The number of sulfonamides is 1. The van der Waals surface area contributed by atoms with Crippen LogP contribution in [0.4, 0.5) is 11.8 Å². The second-order valence-corrected chi connectivity index (χ2v) is 9.92. The van der Waals surface area contributed by atoms with Gasteiger partial charge in [-0.05, 0) is 35.9 Å². The lowest BCUT2D eigenvalue weighted by Crippen LogP contribution is -2.46. The van der Waals surface area contributed by atoms with Crippen molar-refractivity contribution in [2.24, 2.45) is 5.14 Å². The van der Waals surface area contributed by atoms with Crippen LogP contribution in [0.25, 0.3) is 10.9 Å². The van der Waals surface area contributed by atoms with Crippen molar-refractivity contribution in [1.82, 2.24) is 24.8 Å². The van der Waals surface area contributed by atoms with Gasteiger partial charge in [-0.1, -0.05) is 24.3 Å². The van der Waals surface area contributed by atoms with Gasteiger partial charge in [0.2, 0.25) is 16.0 Å². The molecule has 35 heavy (non-hydrogen) atoms. The van der Waals surface area contributed by atoms with Gasteiger partial charge in [-0.2, -0.15) is 0 Å². The maximum Gasteiger partial charge on any atom is 0.238 e. The predicted octanol–water partition coefficient (Wildman–Crippen LogP) is 2.00. The number of para-hydroxylation sites is 1. The monoisotopic (exact) mass is 490 g/mol. The van der Waals surface area contributed by atoms with Crippen LogP contribution in [0.5, 0.6) is 0 Å². The number of hydrogen-bond donors (Lipinski definition) is 2. The molecular weight excluding hydrogens is 464 g/mol. The molecule has 1 aliphatic heterocycles. The number of hydrogen-bond acceptors (Lipinski definition) is 9. The van der Waals surface area contributed by atoms with Crippen LogP contribution in [0.15, 0.2) is 71.9 Å². The van der Waals surface area contributed by atoms with E-state index in [0.717, 1.165) is 60.2 Å². The Morgan fingerprint density at radius 1 is 0.886 bits per heavy atom. The van der Waals surface area contributed by atoms with Crippen LogP contribution in [0, 0.1) is 0 Å². The molecule has 2 aromatic heterocycles. The fraction of sp³-hybridized carbons (Fsp3) is 0.250. The number of anilines is 2. The number of aromatic nitrogens is 4. The van der Waals surface area contributed by atoms with E-state index in [4.69, 9.17) is 15.1 Å². The molecule has 0 spiro atoms. The summed E-state index contributed by atoms with van der Waals surface area (Å²) >= 11 is 0. The molecule has 1 saturated heterocycles. The SMILES string of the molecule is NS(=O)(=O)c1ccc(CNc2nc(CN3CCN(c4ncccn4)CC3)nc3ccccc23)cc1. The molecule has 5 rings (SSSR count). The first-order valence-corrected chi connectivity index (χ1v) is 12.9. The Bertz CT molecular complexity index is 1410. The van der Waals surface area contributed by atoms with Gasteiger partial charge in [0.1, 0.15) is 11.6 Å². The van der Waals surface area contributed by atoms with Crippen molar-refractivity contribution in [3.05, 3.63) is 78.4 Å². The third-order valence-electron chi connectivity index (χ3n) is 5.93. The number of primary sulfonamides is 1. The van der Waals surface area contributed by atoms with Crippen LogP contribution in [-0.4, -0.2) is 59.4 Å². The van der Waals surface area contributed by atoms with E-state index in [1.54, 1.807) is 24.5 Å². The van der Waals surface area contributed by atoms with E-state index in [1.165, 1.54) is 12.1 Å². The standard InChI is InChI=1S/C24H26N8O2S/c25-35(33,34)19-8-6-18(7-9-19)16-28-23-20-4-1-2-5-21(20)29-22(30-23)17-31-12-14-32(15-13-31)24-26-10-3-11-27-24/h1-11H,12-17H2,(H2,25,33,34)(H,28,29,30). The Kier molecular flexibility index (Phi) is 6.53. The topological polar surface area (TPSA) is 130 Å². The van der Waals surface area contributed by atoms with E-state index in [0.29, 0.717) is 13.1 Å². The molecule has 1 aliphatic rings. The summed E-state index contributed by atoms with van der Waals surface area (Å²) in [5.41, 5.74) is 1.79. The van der Waals surface area contributed by atoms with Gasteiger partial charge in [0.25, 0.3) is 0 Å². The number of rotatable bonds is 7. The maximum absolute atomic E-state index is 11.5. The van der Waals surface area contributed by atoms with Crippen LogP contribution in [0.2, 0.25) is 0 Å². The fourth-order valence-electron chi connectivity index (χ4n) is 4.07. The molecule has 11 heteroatoms. The van der Waals surface area contributed by atoms with Crippen LogP contribution in [0.1, 0.15) is 11.4 Å². The molecule has 0 bridgehead atoms. The maximum atomic E-state index is 11.5. The summed E-state index contributed by atoms with van der Waals surface area (Å²) < 4.78 is 23.0. The molecule has 0 atom stereocenters. The molecule has 0 radical (unpaired) electrons. The van der Waals surface area contributed by atoms with Gasteiger partial charge < -0.3 is 10.2 Å². The molecule has 180 valence electrons. The summed E-state index contributed by atoms with van der Waals surface area (Å²) in [6.07, 6.45) is 3.53. The molecule has 0 aliphatic carbocycles. The van der Waals surface area contributed by atoms with E-state index < -0.39 is 10.0 Å². The molecule has 4 aromatic rings. The normalized spacial score (nSPS) is 14.8. The molecule has 2 aromatic carbocycles. The zero-order valence-corrected chi connectivity index (χ0v) is 19.9. The summed E-state index contributed by atoms with van der Waals surface area (Å²) in [6, 6.07) is 16.2. The van der Waals surface area contributed by atoms with Crippen molar-refractivity contribution in [3.63, 3.8) is 0 Å². The Labute approximate surface area is 203 Å². The zero-order valence-electron chi connectivity index (χ0n) is 19.1. The molecule has 10 nitrogen and oxygen atoms in total. The number of benzene rings is 2. The minimum absolute atomic E-state index is 0.0925. The van der Waals surface area contributed by atoms with Crippen LogP contribution >= 0.6 is 0 Å². The first-order chi connectivity index (χ1) is 17.0. The lowest BCUT2D eigenvalue weighted by Gasteiger charge is -2.34. The van der Waals surface area contributed by atoms with Crippen LogP contribution < -0.4 is 15.4 Å². The highest BCUT2D eigenvalue weighted by Crippen LogP contribution is 2.22. The molecular formula is C24H26N8O2S. The number of nitrogens with two attached hydrogens (primary N) is 1. The number of piperazine rings is 1. The van der Waals surface area contributed by atoms with Crippen molar-refractivity contribution in [2.45, 2.75) is 18.0 Å². The summed E-state index contributed by atoms with van der Waals surface area (Å²) in [4.78, 5) is 22.9. The second-order valence-electron chi connectivity index (χ2n) is 8.36. The van der Waals surface area contributed by atoms with Crippen molar-refractivity contribution in [3.8, 4) is 0 Å². The van der Waals surface area contributed by atoms with Crippen molar-refractivity contribution in [2.75, 3.05) is 36.4 Å². The van der Waals surface area contributed by atoms with E-state index in [1.807, 2.05) is 30.3 Å². The highest BCUT2D eigenvalue weighted by atomic mass is 32.2. The Hall–Kier alpha value is -3.67. The Balaban J connectivity index is 1.29. The lowest BCUT2D eigenvalue weighted by molar-refractivity contribution is 0.243. The smallest absolute Gasteiger partial charge is 0.238 e. The molecule has 3 heterocycles. The van der Waals surface area contributed by atoms with Gasteiger partial charge in [0.15, 0.2) is 0 Å². The third kappa shape index (κ3) is 5.53. The number of nitrogens with one attached hydrogen (secondary N) is 1. The van der Waals surface area contributed by atoms with Crippen molar-refractivity contribution < 1.29 is 8.42 Å². The van der Waals surface area contributed by atoms with Gasteiger partial charge in [-0.25, -0.2) is 33.5 Å².